The second-order valence-corrected chi connectivity index (χ2v) is 7.06. The van der Waals surface area contributed by atoms with E-state index >= 15 is 0 Å². The molecule has 0 N–H and O–H groups in total. The topological polar surface area (TPSA) is 24.9 Å². The Bertz CT molecular complexity index is 469. The van der Waals surface area contributed by atoms with E-state index in [9.17, 15) is 0 Å². The summed E-state index contributed by atoms with van der Waals surface area (Å²) in [5.41, 5.74) is 0. The van der Waals surface area contributed by atoms with Gasteiger partial charge in [0.1, 0.15) is 17.6 Å². The molecule has 2 aliphatic heterocycles. The number of piperidine rings is 2. The van der Waals surface area contributed by atoms with Crippen LogP contribution >= 0.6 is 0 Å². The second-order valence-electron chi connectivity index (χ2n) is 7.06. The first kappa shape index (κ1) is 16.6. The van der Waals surface area contributed by atoms with Gasteiger partial charge in [0.2, 0.25) is 0 Å². The zero-order chi connectivity index (χ0) is 16.1. The summed E-state index contributed by atoms with van der Waals surface area (Å²) in [6.45, 7) is 6.14. The fraction of sp³-hybridized carbons (Fsp3) is 0.684. The van der Waals surface area contributed by atoms with Gasteiger partial charge in [-0.3, -0.25) is 0 Å². The predicted octanol–water partition coefficient (Wildman–Crippen LogP) is 2.88. The van der Waals surface area contributed by atoms with Crippen LogP contribution in [0.25, 0.3) is 0 Å². The Morgan fingerprint density at radius 2 is 1.70 bits per heavy atom. The summed E-state index contributed by atoms with van der Waals surface area (Å²) in [5, 5.41) is 0. The van der Waals surface area contributed by atoms with Gasteiger partial charge in [0.15, 0.2) is 0 Å². The van der Waals surface area contributed by atoms with E-state index in [1.54, 1.807) is 7.11 Å². The molecular formula is C19H30N2O2. The lowest BCUT2D eigenvalue weighted by molar-refractivity contribution is 0.0786. The highest BCUT2D eigenvalue weighted by Crippen LogP contribution is 2.23. The quantitative estimate of drug-likeness (QED) is 0.833. The molecule has 0 spiro atoms. The fourth-order valence-electron chi connectivity index (χ4n) is 3.84. The molecule has 2 heterocycles. The Hall–Kier alpha value is -1.26. The molecule has 128 valence electrons. The van der Waals surface area contributed by atoms with Crippen molar-refractivity contribution in [3.05, 3.63) is 24.3 Å². The van der Waals surface area contributed by atoms with E-state index in [4.69, 9.17) is 9.47 Å². The van der Waals surface area contributed by atoms with Crippen LogP contribution in [0.3, 0.4) is 0 Å². The van der Waals surface area contributed by atoms with Crippen molar-refractivity contribution in [1.82, 2.24) is 9.80 Å². The van der Waals surface area contributed by atoms with E-state index in [-0.39, 0.29) is 0 Å². The summed E-state index contributed by atoms with van der Waals surface area (Å²) in [7, 11) is 3.94. The third-order valence-corrected chi connectivity index (χ3v) is 5.14. The van der Waals surface area contributed by atoms with E-state index in [1.165, 1.54) is 45.6 Å². The summed E-state index contributed by atoms with van der Waals surface area (Å²) in [6.07, 6.45) is 5.38. The van der Waals surface area contributed by atoms with Crippen LogP contribution in [0.4, 0.5) is 0 Å². The Balaban J connectivity index is 1.41. The van der Waals surface area contributed by atoms with Crippen molar-refractivity contribution >= 4 is 0 Å². The van der Waals surface area contributed by atoms with Crippen LogP contribution in [-0.4, -0.2) is 62.8 Å². The first-order chi connectivity index (χ1) is 11.2. The lowest BCUT2D eigenvalue weighted by atomic mass is 9.96. The number of hydrogen-bond acceptors (Lipinski definition) is 4. The molecule has 1 unspecified atom stereocenters. The van der Waals surface area contributed by atoms with Gasteiger partial charge in [0, 0.05) is 26.2 Å². The highest BCUT2D eigenvalue weighted by Gasteiger charge is 2.24. The van der Waals surface area contributed by atoms with Gasteiger partial charge in [-0.05, 0) is 69.5 Å². The molecule has 3 rings (SSSR count). The van der Waals surface area contributed by atoms with Gasteiger partial charge in [-0.2, -0.15) is 0 Å². The average molecular weight is 318 g/mol. The lowest BCUT2D eigenvalue weighted by Crippen LogP contribution is -2.44. The predicted molar refractivity (Wildman–Crippen MR) is 93.3 cm³/mol. The molecule has 1 aromatic carbocycles. The van der Waals surface area contributed by atoms with Gasteiger partial charge in [-0.15, -0.1) is 0 Å². The Kier molecular flexibility index (Phi) is 5.79. The van der Waals surface area contributed by atoms with Crippen LogP contribution < -0.4 is 9.47 Å². The molecule has 1 aromatic rings. The third-order valence-electron chi connectivity index (χ3n) is 5.14. The molecule has 0 saturated carbocycles. The van der Waals surface area contributed by atoms with Gasteiger partial charge in [0.25, 0.3) is 0 Å². The van der Waals surface area contributed by atoms with Crippen LogP contribution in [0.15, 0.2) is 24.3 Å². The minimum Gasteiger partial charge on any atom is -0.497 e. The molecule has 0 aliphatic carbocycles. The largest absolute Gasteiger partial charge is 0.497 e. The number of ether oxygens (including phenoxy) is 2. The minimum atomic E-state index is 0.355. The van der Waals surface area contributed by atoms with E-state index in [0.717, 1.165) is 30.3 Å². The van der Waals surface area contributed by atoms with Crippen LogP contribution in [0.1, 0.15) is 25.7 Å². The maximum absolute atomic E-state index is 6.12. The standard InChI is InChI=1S/C19H30N2O2/c1-20-11-3-4-16(14-20)15-21-12-9-19(10-13-21)23-18-7-5-17(22-2)6-8-18/h5-8,16,19H,3-4,9-15H2,1-2H3. The van der Waals surface area contributed by atoms with E-state index in [0.29, 0.717) is 6.10 Å². The molecule has 2 saturated heterocycles. The van der Waals surface area contributed by atoms with Crippen molar-refractivity contribution in [2.24, 2.45) is 5.92 Å². The SMILES string of the molecule is COc1ccc(OC2CCN(CC3CCCN(C)C3)CC2)cc1. The second kappa shape index (κ2) is 8.02. The summed E-state index contributed by atoms with van der Waals surface area (Å²) in [6, 6.07) is 7.93. The van der Waals surface area contributed by atoms with Crippen LogP contribution in [0, 0.1) is 5.92 Å². The molecule has 0 aromatic heterocycles. The minimum absolute atomic E-state index is 0.355. The molecule has 2 aliphatic rings. The first-order valence-corrected chi connectivity index (χ1v) is 8.94. The van der Waals surface area contributed by atoms with Crippen molar-refractivity contribution in [3.8, 4) is 11.5 Å². The number of methoxy groups -OCH3 is 1. The van der Waals surface area contributed by atoms with Crippen LogP contribution in [0.2, 0.25) is 0 Å². The number of nitrogens with zero attached hydrogens (tertiary/aromatic N) is 2. The van der Waals surface area contributed by atoms with Crippen molar-refractivity contribution in [2.75, 3.05) is 46.9 Å². The smallest absolute Gasteiger partial charge is 0.119 e. The summed E-state index contributed by atoms with van der Waals surface area (Å²) in [4.78, 5) is 5.12. The van der Waals surface area contributed by atoms with E-state index in [2.05, 4.69) is 16.8 Å². The molecule has 23 heavy (non-hydrogen) atoms. The third kappa shape index (κ3) is 4.85. The Morgan fingerprint density at radius 1 is 1.00 bits per heavy atom. The van der Waals surface area contributed by atoms with E-state index in [1.807, 2.05) is 24.3 Å². The van der Waals surface area contributed by atoms with Crippen LogP contribution in [-0.2, 0) is 0 Å². The van der Waals surface area contributed by atoms with E-state index < -0.39 is 0 Å². The average Bonchev–Trinajstić information content (AvgIpc) is 2.57. The lowest BCUT2D eigenvalue weighted by Gasteiger charge is -2.37. The van der Waals surface area contributed by atoms with Gasteiger partial charge in [-0.1, -0.05) is 0 Å². The molecule has 0 bridgehead atoms. The molecule has 4 heteroatoms. The molecule has 2 fully saturated rings. The van der Waals surface area contributed by atoms with Gasteiger partial charge < -0.3 is 19.3 Å². The molecule has 0 amide bonds. The van der Waals surface area contributed by atoms with Crippen molar-refractivity contribution in [1.29, 1.82) is 0 Å². The molecule has 0 radical (unpaired) electrons. The zero-order valence-corrected chi connectivity index (χ0v) is 14.5. The fourth-order valence-corrected chi connectivity index (χ4v) is 3.84. The number of hydrogen-bond donors (Lipinski definition) is 0. The normalized spacial score (nSPS) is 24.5. The molecule has 4 nitrogen and oxygen atoms in total. The zero-order valence-electron chi connectivity index (χ0n) is 14.5. The Morgan fingerprint density at radius 3 is 2.35 bits per heavy atom. The Labute approximate surface area is 140 Å². The van der Waals surface area contributed by atoms with Gasteiger partial charge in [-0.25, -0.2) is 0 Å². The summed E-state index contributed by atoms with van der Waals surface area (Å²) < 4.78 is 11.3. The van der Waals surface area contributed by atoms with Crippen molar-refractivity contribution in [3.63, 3.8) is 0 Å². The number of benzene rings is 1. The maximum Gasteiger partial charge on any atom is 0.119 e. The van der Waals surface area contributed by atoms with Gasteiger partial charge >= 0.3 is 0 Å². The first-order valence-electron chi connectivity index (χ1n) is 8.94. The monoisotopic (exact) mass is 318 g/mol. The molecule has 1 atom stereocenters. The number of rotatable bonds is 5. The van der Waals surface area contributed by atoms with Crippen LogP contribution in [0.5, 0.6) is 11.5 Å². The summed E-state index contributed by atoms with van der Waals surface area (Å²) >= 11 is 0. The van der Waals surface area contributed by atoms with Crippen molar-refractivity contribution < 1.29 is 9.47 Å². The number of likely N-dealkylation sites (tertiary alicyclic amines) is 2. The van der Waals surface area contributed by atoms with Crippen molar-refractivity contribution in [2.45, 2.75) is 31.8 Å². The summed E-state index contributed by atoms with van der Waals surface area (Å²) in [5.74, 6) is 2.69. The highest BCUT2D eigenvalue weighted by atomic mass is 16.5. The maximum atomic E-state index is 6.12. The molecular weight excluding hydrogens is 288 g/mol. The van der Waals surface area contributed by atoms with Gasteiger partial charge in [0.05, 0.1) is 7.11 Å². The highest BCUT2D eigenvalue weighted by molar-refractivity contribution is 5.31.